The summed E-state index contributed by atoms with van der Waals surface area (Å²) in [5.74, 6) is 0. The number of hydrogen-bond donors (Lipinski definition) is 0. The van der Waals surface area contributed by atoms with Crippen LogP contribution in [0.5, 0.6) is 0 Å². The van der Waals surface area contributed by atoms with Gasteiger partial charge in [0, 0.05) is 55.8 Å². The van der Waals surface area contributed by atoms with E-state index in [2.05, 4.69) is 393 Å². The van der Waals surface area contributed by atoms with E-state index >= 15 is 0 Å². The van der Waals surface area contributed by atoms with E-state index in [9.17, 15) is 0 Å². The maximum absolute atomic E-state index is 2.58. The molecule has 22 rings (SSSR count). The Labute approximate surface area is 631 Å². The summed E-state index contributed by atoms with van der Waals surface area (Å²) in [4.78, 5) is 5.06. The van der Waals surface area contributed by atoms with Gasteiger partial charge in [0.15, 0.2) is 0 Å². The lowest BCUT2D eigenvalue weighted by Gasteiger charge is -2.30. The average molecular weight is 1380 g/mol. The average Bonchev–Trinajstić information content (AvgIpc) is 1.53. The van der Waals surface area contributed by atoms with Gasteiger partial charge in [-0.15, -0.1) is 0 Å². The van der Waals surface area contributed by atoms with Crippen molar-refractivity contribution >= 4 is 110 Å². The molecule has 2 heteroatoms. The molecule has 2 nitrogen and oxygen atoms in total. The minimum atomic E-state index is -0.305. The van der Waals surface area contributed by atoms with E-state index in [1.807, 2.05) is 0 Å². The molecule has 512 valence electrons. The molecule has 0 aromatic heterocycles. The number of nitrogens with zero attached hydrogens (tertiary/aromatic N) is 2. The molecule has 0 radical (unpaired) electrons. The van der Waals surface area contributed by atoms with Crippen molar-refractivity contribution in [3.8, 4) is 66.8 Å². The van der Waals surface area contributed by atoms with Crippen molar-refractivity contribution in [2.75, 3.05) is 9.80 Å². The van der Waals surface area contributed by atoms with Crippen LogP contribution in [0.3, 0.4) is 0 Å². The second-order valence-corrected chi connectivity index (χ2v) is 33.1. The molecule has 4 aliphatic carbocycles. The zero-order valence-electron chi connectivity index (χ0n) is 62.1. The van der Waals surface area contributed by atoms with Gasteiger partial charge in [0.25, 0.3) is 0 Å². The highest BCUT2D eigenvalue weighted by atomic mass is 15.1. The van der Waals surface area contributed by atoms with E-state index in [1.54, 1.807) is 0 Å². The molecule has 0 spiro atoms. The zero-order chi connectivity index (χ0) is 72.4. The van der Waals surface area contributed by atoms with Crippen molar-refractivity contribution in [3.63, 3.8) is 0 Å². The van der Waals surface area contributed by atoms with Crippen molar-refractivity contribution < 1.29 is 0 Å². The van der Waals surface area contributed by atoms with E-state index in [0.717, 1.165) is 34.1 Å². The largest absolute Gasteiger partial charge is 0.310 e. The maximum atomic E-state index is 2.58. The topological polar surface area (TPSA) is 6.48 Å². The first-order valence-corrected chi connectivity index (χ1v) is 38.4. The smallest absolute Gasteiger partial charge is 0.0468 e. The van der Waals surface area contributed by atoms with E-state index in [1.165, 1.54) is 187 Å². The molecule has 108 heavy (non-hydrogen) atoms. The SMILES string of the molecule is CC1(C)c2cc(-c3c4ccc(N(c5ccc6c(c5)C(C)(C)c5c-6ccc6ccccc56)c5ccc6ccccc6c5)cc4c(-c4ccc5c(c4)C(C)(C)c4c-5ccc5ccccc45)c4ccc(N(c5ccccc5)c5ccc6c(c5)C(C)(C)c5c-6ccc6ccccc56)cc34)ccc2-c2ccc3ccccc3c21. The quantitative estimate of drug-likeness (QED) is 0.140. The first kappa shape index (κ1) is 62.7. The fourth-order valence-corrected chi connectivity index (χ4v) is 20.9. The predicted octanol–water partition coefficient (Wildman–Crippen LogP) is 29.3. The van der Waals surface area contributed by atoms with E-state index in [0.29, 0.717) is 0 Å². The lowest BCUT2D eigenvalue weighted by atomic mass is 9.78. The summed E-state index contributed by atoms with van der Waals surface area (Å²) in [6, 6.07) is 126. The molecule has 0 fully saturated rings. The Hall–Kier alpha value is -12.6. The Kier molecular flexibility index (Phi) is 13.1. The first-order valence-electron chi connectivity index (χ1n) is 38.4. The number of benzene rings is 18. The van der Waals surface area contributed by atoms with Crippen molar-refractivity contribution in [2.45, 2.75) is 77.0 Å². The summed E-state index contributed by atoms with van der Waals surface area (Å²) >= 11 is 0. The molecule has 0 saturated heterocycles. The number of hydrogen-bond acceptors (Lipinski definition) is 2. The van der Waals surface area contributed by atoms with E-state index in [4.69, 9.17) is 0 Å². The molecule has 0 aliphatic heterocycles. The van der Waals surface area contributed by atoms with Gasteiger partial charge in [0.2, 0.25) is 0 Å². The minimum absolute atomic E-state index is 0.262. The third-order valence-corrected chi connectivity index (χ3v) is 25.8. The number of rotatable bonds is 8. The van der Waals surface area contributed by atoms with Crippen LogP contribution in [0.4, 0.5) is 34.1 Å². The zero-order valence-corrected chi connectivity index (χ0v) is 62.1. The Morgan fingerprint density at radius 3 is 0.852 bits per heavy atom. The van der Waals surface area contributed by atoms with E-state index in [-0.39, 0.29) is 21.7 Å². The molecule has 18 aromatic carbocycles. The van der Waals surface area contributed by atoms with Gasteiger partial charge in [-0.25, -0.2) is 0 Å². The molecule has 0 saturated carbocycles. The number of para-hydroxylation sites is 1. The maximum Gasteiger partial charge on any atom is 0.0468 e. The second kappa shape index (κ2) is 22.5. The van der Waals surface area contributed by atoms with E-state index < -0.39 is 0 Å². The van der Waals surface area contributed by atoms with Crippen LogP contribution in [0.2, 0.25) is 0 Å². The summed E-state index contributed by atoms with van der Waals surface area (Å²) in [5, 5.41) is 17.5. The van der Waals surface area contributed by atoms with Gasteiger partial charge in [-0.1, -0.05) is 298 Å². The molecule has 0 N–H and O–H groups in total. The fourth-order valence-electron chi connectivity index (χ4n) is 20.9. The van der Waals surface area contributed by atoms with Gasteiger partial charge < -0.3 is 9.80 Å². The summed E-state index contributed by atoms with van der Waals surface area (Å²) < 4.78 is 0. The normalized spacial score (nSPS) is 14.8. The van der Waals surface area contributed by atoms with Crippen LogP contribution in [0.25, 0.3) is 142 Å². The van der Waals surface area contributed by atoms with Crippen molar-refractivity contribution in [3.05, 3.63) is 372 Å². The summed E-state index contributed by atoms with van der Waals surface area (Å²) in [6.07, 6.45) is 0. The van der Waals surface area contributed by atoms with Gasteiger partial charge >= 0.3 is 0 Å². The fraction of sp³-hybridized carbons (Fsp3) is 0.113. The number of fused-ring (bicyclic) bond motifs is 23. The third kappa shape index (κ3) is 8.77. The highest BCUT2D eigenvalue weighted by molar-refractivity contribution is 6.23. The lowest BCUT2D eigenvalue weighted by molar-refractivity contribution is 0.666. The molecule has 0 bridgehead atoms. The van der Waals surface area contributed by atoms with Crippen LogP contribution in [-0.4, -0.2) is 0 Å². The highest BCUT2D eigenvalue weighted by Gasteiger charge is 2.42. The van der Waals surface area contributed by atoms with Crippen LogP contribution >= 0.6 is 0 Å². The number of anilines is 6. The van der Waals surface area contributed by atoms with Crippen LogP contribution in [0, 0.1) is 0 Å². The van der Waals surface area contributed by atoms with Gasteiger partial charge in [-0.05, 0) is 272 Å². The third-order valence-electron chi connectivity index (χ3n) is 25.8. The molecule has 0 amide bonds. The lowest BCUT2D eigenvalue weighted by Crippen LogP contribution is -2.17. The molecular formula is C106H78N2. The summed E-state index contributed by atoms with van der Waals surface area (Å²) in [6.45, 7) is 19.5. The Bertz CT molecular complexity index is 7000. The first-order chi connectivity index (χ1) is 52.6. The van der Waals surface area contributed by atoms with Crippen LogP contribution < -0.4 is 9.80 Å². The highest BCUT2D eigenvalue weighted by Crippen LogP contribution is 2.60. The van der Waals surface area contributed by atoms with Crippen molar-refractivity contribution in [2.24, 2.45) is 0 Å². The molecule has 0 heterocycles. The van der Waals surface area contributed by atoms with Gasteiger partial charge in [-0.2, -0.15) is 0 Å². The van der Waals surface area contributed by atoms with Crippen LogP contribution in [0.1, 0.15) is 99.9 Å². The molecule has 0 unspecified atom stereocenters. The Balaban J connectivity index is 0.826. The van der Waals surface area contributed by atoms with Crippen LogP contribution in [-0.2, 0) is 21.7 Å². The van der Waals surface area contributed by atoms with Gasteiger partial charge in [0.05, 0.1) is 0 Å². The van der Waals surface area contributed by atoms with Crippen molar-refractivity contribution in [1.82, 2.24) is 0 Å². The minimum Gasteiger partial charge on any atom is -0.310 e. The van der Waals surface area contributed by atoms with Gasteiger partial charge in [-0.3, -0.25) is 0 Å². The predicted molar refractivity (Wildman–Crippen MR) is 459 cm³/mol. The monoisotopic (exact) mass is 1380 g/mol. The van der Waals surface area contributed by atoms with Gasteiger partial charge in [0.1, 0.15) is 0 Å². The van der Waals surface area contributed by atoms with Crippen molar-refractivity contribution in [1.29, 1.82) is 0 Å². The summed E-state index contributed by atoms with van der Waals surface area (Å²) in [7, 11) is 0. The van der Waals surface area contributed by atoms with Crippen LogP contribution in [0.15, 0.2) is 328 Å². The Morgan fingerprint density at radius 1 is 0.176 bits per heavy atom. The Morgan fingerprint density at radius 2 is 0.454 bits per heavy atom. The second-order valence-electron chi connectivity index (χ2n) is 33.1. The standard InChI is InChI=1S/C106H78N2/c1-103(2)93-57-69(39-46-81(93)87-48-35-64-23-14-18-30-77(64)99(87)103)97-86-55-45-74(108(72-41-34-63-22-12-13-27-68(63)56-72)76-43-53-84-90-51-38-67-26-17-21-33-80(67)102(90)106(7,8)96(84)62-76)60-92(86)98(70-40-47-82-88-49-36-65-24-15-19-31-78(65)100(88)104(3,4)94(82)58-70)85-54-44-73(59-91(85)97)107(71-28-10-9-11-29-71)75-42-52-83-89-50-37-66-25-16-20-32-79(66)101(89)105(5,6)95(83)61-75/h9-62H,1-8H3. The molecule has 4 aliphatic rings. The molecule has 18 aromatic rings. The molecule has 0 atom stereocenters. The summed E-state index contributed by atoms with van der Waals surface area (Å²) in [5.41, 5.74) is 31.7. The molecular weight excluding hydrogens is 1300 g/mol.